The van der Waals surface area contributed by atoms with Gasteiger partial charge in [0.25, 0.3) is 0 Å². The van der Waals surface area contributed by atoms with Gasteiger partial charge in [0, 0.05) is 31.1 Å². The van der Waals surface area contributed by atoms with E-state index >= 15 is 0 Å². The molecule has 1 fully saturated rings. The van der Waals surface area contributed by atoms with Gasteiger partial charge in [-0.05, 0) is 29.1 Å². The van der Waals surface area contributed by atoms with Gasteiger partial charge in [0.15, 0.2) is 0 Å². The van der Waals surface area contributed by atoms with Crippen LogP contribution in [0.3, 0.4) is 0 Å². The van der Waals surface area contributed by atoms with E-state index in [0.717, 1.165) is 10.4 Å². The van der Waals surface area contributed by atoms with E-state index in [9.17, 15) is 14.0 Å². The summed E-state index contributed by atoms with van der Waals surface area (Å²) in [5, 5.41) is 1.97. The predicted octanol–water partition coefficient (Wildman–Crippen LogP) is 2.34. The smallest absolute Gasteiger partial charge is 0.227 e. The van der Waals surface area contributed by atoms with E-state index in [4.69, 9.17) is 0 Å². The molecule has 0 aliphatic carbocycles. The van der Waals surface area contributed by atoms with Crippen LogP contribution in [0.5, 0.6) is 0 Å². The molecule has 1 aliphatic rings. The molecule has 4 nitrogen and oxygen atoms in total. The van der Waals surface area contributed by atoms with Crippen LogP contribution in [0.15, 0.2) is 41.8 Å². The second-order valence-corrected chi connectivity index (χ2v) is 6.85. The summed E-state index contributed by atoms with van der Waals surface area (Å²) >= 11 is 1.58. The van der Waals surface area contributed by atoms with E-state index in [2.05, 4.69) is 0 Å². The predicted molar refractivity (Wildman–Crippen MR) is 91.3 cm³/mol. The summed E-state index contributed by atoms with van der Waals surface area (Å²) < 4.78 is 12.9. The number of piperazine rings is 1. The molecule has 0 spiro atoms. The Morgan fingerprint density at radius 2 is 1.50 bits per heavy atom. The summed E-state index contributed by atoms with van der Waals surface area (Å²) in [6.07, 6.45) is 0.699. The fraction of sp³-hybridized carbons (Fsp3) is 0.333. The van der Waals surface area contributed by atoms with Crippen molar-refractivity contribution in [3.05, 3.63) is 58.0 Å². The lowest BCUT2D eigenvalue weighted by atomic mass is 10.1. The number of hydrogen-bond acceptors (Lipinski definition) is 3. The Labute approximate surface area is 144 Å². The second-order valence-electron chi connectivity index (χ2n) is 5.82. The normalized spacial score (nSPS) is 14.7. The molecule has 0 radical (unpaired) electrons. The van der Waals surface area contributed by atoms with Gasteiger partial charge < -0.3 is 9.80 Å². The number of thiophene rings is 1. The van der Waals surface area contributed by atoms with Gasteiger partial charge in [0.05, 0.1) is 12.8 Å². The van der Waals surface area contributed by atoms with Crippen molar-refractivity contribution < 1.29 is 14.0 Å². The molecule has 6 heteroatoms. The van der Waals surface area contributed by atoms with Crippen LogP contribution in [-0.4, -0.2) is 47.8 Å². The van der Waals surface area contributed by atoms with E-state index in [1.807, 2.05) is 22.4 Å². The van der Waals surface area contributed by atoms with E-state index in [0.29, 0.717) is 32.6 Å². The largest absolute Gasteiger partial charge is 0.339 e. The first-order valence-corrected chi connectivity index (χ1v) is 8.82. The molecule has 0 N–H and O–H groups in total. The highest BCUT2D eigenvalue weighted by Crippen LogP contribution is 2.13. The lowest BCUT2D eigenvalue weighted by molar-refractivity contribution is -0.138. The molecule has 24 heavy (non-hydrogen) atoms. The van der Waals surface area contributed by atoms with Crippen molar-refractivity contribution in [2.75, 3.05) is 26.2 Å². The highest BCUT2D eigenvalue weighted by Gasteiger charge is 2.24. The molecule has 0 unspecified atom stereocenters. The number of rotatable bonds is 4. The van der Waals surface area contributed by atoms with Crippen LogP contribution in [0.1, 0.15) is 10.4 Å². The zero-order valence-electron chi connectivity index (χ0n) is 13.3. The van der Waals surface area contributed by atoms with Gasteiger partial charge in [-0.3, -0.25) is 9.59 Å². The Morgan fingerprint density at radius 1 is 0.917 bits per heavy atom. The summed E-state index contributed by atoms with van der Waals surface area (Å²) in [4.78, 5) is 29.2. The van der Waals surface area contributed by atoms with E-state index in [1.54, 1.807) is 28.4 Å². The molecule has 1 aromatic heterocycles. The van der Waals surface area contributed by atoms with Crippen molar-refractivity contribution in [2.24, 2.45) is 0 Å². The Morgan fingerprint density at radius 3 is 2.04 bits per heavy atom. The molecule has 126 valence electrons. The molecular weight excluding hydrogens is 327 g/mol. The summed E-state index contributed by atoms with van der Waals surface area (Å²) in [6, 6.07) is 9.90. The van der Waals surface area contributed by atoms with Crippen molar-refractivity contribution in [2.45, 2.75) is 12.8 Å². The quantitative estimate of drug-likeness (QED) is 0.853. The molecular formula is C18H19FN2O2S. The van der Waals surface area contributed by atoms with Crippen molar-refractivity contribution >= 4 is 23.2 Å². The average Bonchev–Trinajstić information content (AvgIpc) is 3.10. The molecule has 0 saturated carbocycles. The Kier molecular flexibility index (Phi) is 5.25. The van der Waals surface area contributed by atoms with Gasteiger partial charge in [-0.15, -0.1) is 11.3 Å². The zero-order chi connectivity index (χ0) is 16.9. The maximum absolute atomic E-state index is 12.9. The van der Waals surface area contributed by atoms with E-state index in [1.165, 1.54) is 12.1 Å². The molecule has 2 heterocycles. The number of carbonyl (C=O) groups is 2. The standard InChI is InChI=1S/C18H19FN2O2S/c19-15-5-3-14(4-6-15)12-17(22)20-7-9-21(10-8-20)18(23)13-16-2-1-11-24-16/h1-6,11H,7-10,12-13H2. The maximum Gasteiger partial charge on any atom is 0.227 e. The van der Waals surface area contributed by atoms with Crippen LogP contribution in [0, 0.1) is 5.82 Å². The third-order valence-corrected chi connectivity index (χ3v) is 5.04. The van der Waals surface area contributed by atoms with Gasteiger partial charge in [0.1, 0.15) is 5.82 Å². The fourth-order valence-electron chi connectivity index (χ4n) is 2.77. The molecule has 2 amide bonds. The molecule has 3 rings (SSSR count). The first-order chi connectivity index (χ1) is 11.6. The van der Waals surface area contributed by atoms with Crippen molar-refractivity contribution in [3.63, 3.8) is 0 Å². The average molecular weight is 346 g/mol. The third kappa shape index (κ3) is 4.20. The summed E-state index contributed by atoms with van der Waals surface area (Å²) in [7, 11) is 0. The lowest BCUT2D eigenvalue weighted by Crippen LogP contribution is -2.51. The summed E-state index contributed by atoms with van der Waals surface area (Å²) in [6.45, 7) is 2.24. The van der Waals surface area contributed by atoms with Crippen molar-refractivity contribution in [1.29, 1.82) is 0 Å². The SMILES string of the molecule is O=C(Cc1ccc(F)cc1)N1CCN(C(=O)Cc2cccs2)CC1. The molecule has 0 atom stereocenters. The number of carbonyl (C=O) groups excluding carboxylic acids is 2. The van der Waals surface area contributed by atoms with Crippen LogP contribution < -0.4 is 0 Å². The monoisotopic (exact) mass is 346 g/mol. The van der Waals surface area contributed by atoms with E-state index < -0.39 is 0 Å². The number of halogens is 1. The fourth-order valence-corrected chi connectivity index (χ4v) is 3.46. The first-order valence-electron chi connectivity index (χ1n) is 7.94. The molecule has 1 aromatic carbocycles. The minimum Gasteiger partial charge on any atom is -0.339 e. The van der Waals surface area contributed by atoms with Gasteiger partial charge in [-0.2, -0.15) is 0 Å². The first kappa shape index (κ1) is 16.6. The van der Waals surface area contributed by atoms with Gasteiger partial charge in [0.2, 0.25) is 11.8 Å². The van der Waals surface area contributed by atoms with Gasteiger partial charge >= 0.3 is 0 Å². The zero-order valence-corrected chi connectivity index (χ0v) is 14.1. The Balaban J connectivity index is 1.48. The van der Waals surface area contributed by atoms with Crippen LogP contribution in [0.2, 0.25) is 0 Å². The second kappa shape index (κ2) is 7.57. The van der Waals surface area contributed by atoms with Gasteiger partial charge in [-0.1, -0.05) is 18.2 Å². The minimum atomic E-state index is -0.302. The maximum atomic E-state index is 12.9. The minimum absolute atomic E-state index is 0.0203. The van der Waals surface area contributed by atoms with Crippen molar-refractivity contribution in [1.82, 2.24) is 9.80 Å². The van der Waals surface area contributed by atoms with Gasteiger partial charge in [-0.25, -0.2) is 4.39 Å². The molecule has 1 saturated heterocycles. The number of benzene rings is 1. The number of hydrogen-bond donors (Lipinski definition) is 0. The molecule has 1 aliphatic heterocycles. The van der Waals surface area contributed by atoms with E-state index in [-0.39, 0.29) is 24.1 Å². The Bertz CT molecular complexity index is 692. The topological polar surface area (TPSA) is 40.6 Å². The molecule has 2 aromatic rings. The van der Waals surface area contributed by atoms with Crippen LogP contribution in [-0.2, 0) is 22.4 Å². The number of amides is 2. The highest BCUT2D eigenvalue weighted by molar-refractivity contribution is 7.10. The molecule has 0 bridgehead atoms. The van der Waals surface area contributed by atoms with Crippen LogP contribution >= 0.6 is 11.3 Å². The van der Waals surface area contributed by atoms with Crippen molar-refractivity contribution in [3.8, 4) is 0 Å². The Hall–Kier alpha value is -2.21. The summed E-state index contributed by atoms with van der Waals surface area (Å²) in [5.74, 6) is -0.167. The summed E-state index contributed by atoms with van der Waals surface area (Å²) in [5.41, 5.74) is 0.803. The third-order valence-electron chi connectivity index (χ3n) is 4.16. The van der Waals surface area contributed by atoms with Crippen LogP contribution in [0.4, 0.5) is 4.39 Å². The highest BCUT2D eigenvalue weighted by atomic mass is 32.1. The lowest BCUT2D eigenvalue weighted by Gasteiger charge is -2.35. The van der Waals surface area contributed by atoms with Crippen LogP contribution in [0.25, 0.3) is 0 Å². The number of nitrogens with zero attached hydrogens (tertiary/aromatic N) is 2.